The Hall–Kier alpha value is 0.120. The number of rotatable bonds is 3. The molecule has 1 unspecified atom stereocenters. The van der Waals surface area contributed by atoms with Crippen LogP contribution in [0.15, 0.2) is 11.8 Å². The maximum atomic E-state index is 10.4. The van der Waals surface area contributed by atoms with Crippen LogP contribution in [0.2, 0.25) is 0 Å². The van der Waals surface area contributed by atoms with Gasteiger partial charge in [-0.25, -0.2) is 0 Å². The number of alkyl halides is 2. The van der Waals surface area contributed by atoms with Gasteiger partial charge in [0.15, 0.2) is 0 Å². The monoisotopic (exact) mass is 278 g/mol. The molecule has 0 aromatic carbocycles. The van der Waals surface area contributed by atoms with E-state index in [9.17, 15) is 5.11 Å². The summed E-state index contributed by atoms with van der Waals surface area (Å²) in [6.45, 7) is 10.3. The molecule has 0 bridgehead atoms. The van der Waals surface area contributed by atoms with E-state index in [2.05, 4.69) is 20.8 Å². The fourth-order valence-corrected chi connectivity index (χ4v) is 3.34. The molecule has 3 heteroatoms. The molecule has 17 heavy (non-hydrogen) atoms. The molecular weight excluding hydrogens is 255 g/mol. The first-order valence-electron chi connectivity index (χ1n) is 6.39. The quantitative estimate of drug-likeness (QED) is 0.679. The molecule has 1 aliphatic carbocycles. The minimum absolute atomic E-state index is 0.270. The molecule has 1 rings (SSSR count). The van der Waals surface area contributed by atoms with Crippen molar-refractivity contribution in [3.05, 3.63) is 11.8 Å². The predicted molar refractivity (Wildman–Crippen MR) is 75.7 cm³/mol. The molecule has 0 heterocycles. The first-order chi connectivity index (χ1) is 7.59. The van der Waals surface area contributed by atoms with Crippen LogP contribution >= 0.6 is 23.2 Å². The maximum Gasteiger partial charge on any atom is 0.127 e. The Morgan fingerprint density at radius 1 is 1.35 bits per heavy atom. The summed E-state index contributed by atoms with van der Waals surface area (Å²) in [6, 6.07) is 0. The van der Waals surface area contributed by atoms with Crippen molar-refractivity contribution in [2.45, 2.75) is 58.2 Å². The number of hydrogen-bond donors (Lipinski definition) is 1. The summed E-state index contributed by atoms with van der Waals surface area (Å²) in [5, 5.41) is 10.4. The summed E-state index contributed by atoms with van der Waals surface area (Å²) in [5.41, 5.74) is -0.667. The molecular formula is C14H24Cl2O. The number of allylic oxidation sites excluding steroid dienone is 2. The van der Waals surface area contributed by atoms with E-state index in [0.717, 1.165) is 12.8 Å². The molecule has 0 aliphatic heterocycles. The molecule has 0 saturated carbocycles. The highest BCUT2D eigenvalue weighted by Gasteiger charge is 2.54. The number of halogens is 2. The van der Waals surface area contributed by atoms with Crippen molar-refractivity contribution in [1.82, 2.24) is 0 Å². The molecule has 0 amide bonds. The topological polar surface area (TPSA) is 20.2 Å². The van der Waals surface area contributed by atoms with Crippen LogP contribution in [0.3, 0.4) is 0 Å². The minimum atomic E-state index is -0.821. The molecule has 0 saturated heterocycles. The van der Waals surface area contributed by atoms with Crippen LogP contribution in [0.25, 0.3) is 0 Å². The van der Waals surface area contributed by atoms with E-state index in [1.165, 1.54) is 0 Å². The normalized spacial score (nSPS) is 31.4. The fraction of sp³-hybridized carbons (Fsp3) is 0.857. The second-order valence-electron chi connectivity index (χ2n) is 6.19. The SMILES string of the molecule is CCCC1(C(C)C)CC(Cl)(Cl)C(C)(C)C=C1O. The number of aliphatic hydroxyl groups excluding tert-OH is 1. The average Bonchev–Trinajstić information content (AvgIpc) is 2.13. The second kappa shape index (κ2) is 4.66. The molecule has 100 valence electrons. The van der Waals surface area contributed by atoms with Crippen molar-refractivity contribution >= 4 is 23.2 Å². The lowest BCUT2D eigenvalue weighted by molar-refractivity contribution is 0.0836. The second-order valence-corrected chi connectivity index (χ2v) is 7.68. The van der Waals surface area contributed by atoms with Crippen LogP contribution in [0.5, 0.6) is 0 Å². The van der Waals surface area contributed by atoms with Gasteiger partial charge in [-0.05, 0) is 24.8 Å². The van der Waals surface area contributed by atoms with Crippen LogP contribution in [-0.4, -0.2) is 9.44 Å². The Bertz CT molecular complexity index is 318. The molecule has 1 atom stereocenters. The van der Waals surface area contributed by atoms with Gasteiger partial charge in [-0.15, -0.1) is 23.2 Å². The number of aliphatic hydroxyl groups is 1. The lowest BCUT2D eigenvalue weighted by Crippen LogP contribution is -2.47. The van der Waals surface area contributed by atoms with Crippen molar-refractivity contribution in [3.8, 4) is 0 Å². The highest BCUT2D eigenvalue weighted by molar-refractivity contribution is 6.49. The lowest BCUT2D eigenvalue weighted by Gasteiger charge is -2.50. The van der Waals surface area contributed by atoms with Gasteiger partial charge in [0.25, 0.3) is 0 Å². The summed E-state index contributed by atoms with van der Waals surface area (Å²) >= 11 is 13.0. The summed E-state index contributed by atoms with van der Waals surface area (Å²) < 4.78 is -0.821. The predicted octanol–water partition coefficient (Wildman–Crippen LogP) is 5.47. The van der Waals surface area contributed by atoms with Gasteiger partial charge >= 0.3 is 0 Å². The van der Waals surface area contributed by atoms with Crippen LogP contribution in [-0.2, 0) is 0 Å². The summed E-state index contributed by atoms with van der Waals surface area (Å²) in [5.74, 6) is 0.794. The summed E-state index contributed by atoms with van der Waals surface area (Å²) in [7, 11) is 0. The van der Waals surface area contributed by atoms with Crippen molar-refractivity contribution < 1.29 is 5.11 Å². The Morgan fingerprint density at radius 3 is 2.29 bits per heavy atom. The van der Waals surface area contributed by atoms with Crippen LogP contribution in [0.4, 0.5) is 0 Å². The third-order valence-electron chi connectivity index (χ3n) is 4.29. The van der Waals surface area contributed by atoms with Crippen LogP contribution in [0.1, 0.15) is 53.9 Å². The first kappa shape index (κ1) is 15.2. The van der Waals surface area contributed by atoms with Gasteiger partial charge < -0.3 is 5.11 Å². The zero-order valence-electron chi connectivity index (χ0n) is 11.5. The molecule has 0 fully saturated rings. The van der Waals surface area contributed by atoms with Gasteiger partial charge in [-0.3, -0.25) is 0 Å². The van der Waals surface area contributed by atoms with Gasteiger partial charge in [-0.2, -0.15) is 0 Å². The minimum Gasteiger partial charge on any atom is -0.512 e. The zero-order chi connectivity index (χ0) is 13.5. The smallest absolute Gasteiger partial charge is 0.127 e. The lowest BCUT2D eigenvalue weighted by atomic mass is 9.61. The van der Waals surface area contributed by atoms with Gasteiger partial charge in [0.05, 0.1) is 5.76 Å². The third-order valence-corrected chi connectivity index (χ3v) is 5.53. The molecule has 0 aromatic rings. The Morgan fingerprint density at radius 2 is 1.88 bits per heavy atom. The van der Waals surface area contributed by atoms with Crippen molar-refractivity contribution in [3.63, 3.8) is 0 Å². The first-order valence-corrected chi connectivity index (χ1v) is 7.15. The molecule has 0 spiro atoms. The summed E-state index contributed by atoms with van der Waals surface area (Å²) in [4.78, 5) is 0. The van der Waals surface area contributed by atoms with E-state index in [1.54, 1.807) is 0 Å². The highest BCUT2D eigenvalue weighted by Crippen LogP contribution is 2.59. The van der Waals surface area contributed by atoms with Gasteiger partial charge in [0.1, 0.15) is 4.33 Å². The van der Waals surface area contributed by atoms with Crippen molar-refractivity contribution in [2.24, 2.45) is 16.7 Å². The van der Waals surface area contributed by atoms with Gasteiger partial charge in [0, 0.05) is 10.8 Å². The van der Waals surface area contributed by atoms with E-state index >= 15 is 0 Å². The Labute approximate surface area is 115 Å². The van der Waals surface area contributed by atoms with E-state index in [4.69, 9.17) is 23.2 Å². The molecule has 1 aliphatic rings. The molecule has 1 N–H and O–H groups in total. The number of hydrogen-bond acceptors (Lipinski definition) is 1. The maximum absolute atomic E-state index is 10.4. The highest BCUT2D eigenvalue weighted by atomic mass is 35.5. The van der Waals surface area contributed by atoms with Gasteiger partial charge in [-0.1, -0.05) is 41.0 Å². The molecule has 1 nitrogen and oxygen atoms in total. The summed E-state index contributed by atoms with van der Waals surface area (Å²) in [6.07, 6.45) is 4.40. The van der Waals surface area contributed by atoms with E-state index in [-0.39, 0.29) is 5.41 Å². The zero-order valence-corrected chi connectivity index (χ0v) is 13.0. The molecule has 0 aromatic heterocycles. The van der Waals surface area contributed by atoms with E-state index < -0.39 is 9.75 Å². The largest absolute Gasteiger partial charge is 0.512 e. The third kappa shape index (κ3) is 2.46. The Kier molecular flexibility index (Phi) is 4.16. The van der Waals surface area contributed by atoms with Crippen LogP contribution < -0.4 is 0 Å². The fourth-order valence-electron chi connectivity index (χ4n) is 2.76. The van der Waals surface area contributed by atoms with E-state index in [1.807, 2.05) is 19.9 Å². The van der Waals surface area contributed by atoms with Crippen molar-refractivity contribution in [1.29, 1.82) is 0 Å². The van der Waals surface area contributed by atoms with E-state index in [0.29, 0.717) is 18.1 Å². The standard InChI is InChI=1S/C14H24Cl2O/c1-6-7-13(10(2)3)9-14(15,16)12(4,5)8-11(13)17/h8,10,17H,6-7,9H2,1-5H3. The van der Waals surface area contributed by atoms with Gasteiger partial charge in [0.2, 0.25) is 0 Å². The Balaban J connectivity index is 3.27. The van der Waals surface area contributed by atoms with Crippen LogP contribution in [0, 0.1) is 16.7 Å². The average molecular weight is 279 g/mol. The molecule has 0 radical (unpaired) electrons. The van der Waals surface area contributed by atoms with Crippen molar-refractivity contribution in [2.75, 3.05) is 0 Å².